The summed E-state index contributed by atoms with van der Waals surface area (Å²) >= 11 is 0. The predicted molar refractivity (Wildman–Crippen MR) is 144 cm³/mol. The van der Waals surface area contributed by atoms with Crippen LogP contribution in [-0.4, -0.2) is 103 Å². The van der Waals surface area contributed by atoms with Gasteiger partial charge in [-0.3, -0.25) is 38.6 Å². The van der Waals surface area contributed by atoms with Gasteiger partial charge in [-0.2, -0.15) is 0 Å². The van der Waals surface area contributed by atoms with Crippen molar-refractivity contribution < 1.29 is 39.1 Å². The Labute approximate surface area is 231 Å². The lowest BCUT2D eigenvalue weighted by Gasteiger charge is -2.27. The van der Waals surface area contributed by atoms with Crippen molar-refractivity contribution in [2.45, 2.75) is 45.0 Å². The second kappa shape index (κ2) is 14.3. The molecule has 0 heterocycles. The maximum atomic E-state index is 12.9. The van der Waals surface area contributed by atoms with E-state index in [-0.39, 0.29) is 10.0 Å². The van der Waals surface area contributed by atoms with Gasteiger partial charge in [0.15, 0.2) is 0 Å². The zero-order chi connectivity index (χ0) is 30.9. The summed E-state index contributed by atoms with van der Waals surface area (Å²) in [6.45, 7) is 2.99. The number of hydrogen-bond donors (Lipinski definition) is 7. The summed E-state index contributed by atoms with van der Waals surface area (Å²) in [7, 11) is 5.32. The van der Waals surface area contributed by atoms with Crippen LogP contribution >= 0.6 is 0 Å². The Kier molecular flexibility index (Phi) is 12.1. The summed E-state index contributed by atoms with van der Waals surface area (Å²) in [5, 5.41) is 40.5. The average molecular weight is 569 g/mol. The molecule has 0 aliphatic carbocycles. The number of carbonyl (C=O) groups is 5. The molecule has 1 aromatic rings. The molecule has 1 rings (SSSR count). The van der Waals surface area contributed by atoms with Crippen molar-refractivity contribution >= 4 is 40.9 Å². The minimum absolute atomic E-state index is 0.234. The van der Waals surface area contributed by atoms with Gasteiger partial charge in [-0.25, -0.2) is 0 Å². The van der Waals surface area contributed by atoms with Crippen LogP contribution in [0.25, 0.3) is 0 Å². The molecule has 0 aliphatic rings. The molecule has 222 valence electrons. The lowest BCUT2D eigenvalue weighted by molar-refractivity contribution is -0.385. The Morgan fingerprint density at radius 1 is 0.975 bits per heavy atom. The van der Waals surface area contributed by atoms with Gasteiger partial charge in [0.2, 0.25) is 23.6 Å². The van der Waals surface area contributed by atoms with Gasteiger partial charge >= 0.3 is 0 Å². The maximum absolute atomic E-state index is 12.9. The number of nitrogens with one attached hydrogen (secondary N) is 4. The quantitative estimate of drug-likeness (QED) is 0.0711. The molecule has 16 nitrogen and oxygen atoms in total. The van der Waals surface area contributed by atoms with Crippen LogP contribution in [-0.2, 0) is 19.2 Å². The van der Waals surface area contributed by atoms with E-state index >= 15 is 0 Å². The largest absolute Gasteiger partial charge is 0.394 e. The second-order valence-corrected chi connectivity index (χ2v) is 10.3. The highest BCUT2D eigenvalue weighted by atomic mass is 16.6. The van der Waals surface area contributed by atoms with Crippen LogP contribution in [0.3, 0.4) is 0 Å². The number of benzene rings is 1. The molecule has 4 atom stereocenters. The average Bonchev–Trinajstić information content (AvgIpc) is 2.85. The zero-order valence-electron chi connectivity index (χ0n) is 23.3. The van der Waals surface area contributed by atoms with E-state index in [0.717, 1.165) is 0 Å². The summed E-state index contributed by atoms with van der Waals surface area (Å²) in [5.74, 6) is -5.07. The zero-order valence-corrected chi connectivity index (χ0v) is 23.3. The number of nitrogens with zero attached hydrogens (tertiary/aromatic N) is 2. The third-order valence-corrected chi connectivity index (χ3v) is 5.75. The molecule has 16 heteroatoms. The fourth-order valence-corrected chi connectivity index (χ4v) is 3.43. The van der Waals surface area contributed by atoms with Crippen LogP contribution in [0, 0.1) is 16.0 Å². The molecule has 0 aromatic heterocycles. The first-order valence-electron chi connectivity index (χ1n) is 12.3. The van der Waals surface area contributed by atoms with E-state index in [1.54, 1.807) is 35.0 Å². The van der Waals surface area contributed by atoms with Crippen molar-refractivity contribution in [2.75, 3.05) is 34.3 Å². The van der Waals surface area contributed by atoms with E-state index in [1.165, 1.54) is 25.1 Å². The lowest BCUT2D eigenvalue weighted by atomic mass is 10.0. The van der Waals surface area contributed by atoms with Crippen LogP contribution in [0.2, 0.25) is 0 Å². The number of hydrogen-bond acceptors (Lipinski definition) is 9. The van der Waals surface area contributed by atoms with Crippen LogP contribution in [0.1, 0.15) is 31.1 Å². The lowest BCUT2D eigenvalue weighted by Crippen LogP contribution is -2.61. The molecule has 0 bridgehead atoms. The second-order valence-electron chi connectivity index (χ2n) is 10.3. The molecule has 0 spiro atoms. The number of nitrogens with two attached hydrogens (primary N) is 1. The molecule has 5 amide bonds. The molecule has 40 heavy (non-hydrogen) atoms. The van der Waals surface area contributed by atoms with Gasteiger partial charge in [0.05, 0.1) is 51.4 Å². The number of nitro benzene ring substituents is 1. The summed E-state index contributed by atoms with van der Waals surface area (Å²) in [4.78, 5) is 72.8. The topological polar surface area (TPSA) is 243 Å². The highest BCUT2D eigenvalue weighted by Gasteiger charge is 2.34. The first-order valence-corrected chi connectivity index (χ1v) is 12.3. The molecule has 0 saturated heterocycles. The Hall–Kier alpha value is -4.15. The standard InChI is InChI=1S/C24H37N7O9/c1-12(2)19(23(37)26-10-18(25)34)28-24(38)20(13(3)33)29-22(36)16(11-32)27-21(35)15-8-7-14(31(4,5)6)9-17(15)30(39)40/h7-9,12-13,16,19-20,32-33H,10-11H2,1-6H3,(H5-,25,26,27,28,29,34,35,36,37,38)/p+1/t13-,16+,19+,20+/m1/s1. The Morgan fingerprint density at radius 2 is 1.55 bits per heavy atom. The number of carbonyl (C=O) groups excluding carboxylic acids is 5. The number of aliphatic hydroxyl groups is 2. The van der Waals surface area contributed by atoms with Crippen LogP contribution < -0.4 is 31.5 Å². The Morgan fingerprint density at radius 3 is 2.00 bits per heavy atom. The highest BCUT2D eigenvalue weighted by Crippen LogP contribution is 2.27. The van der Waals surface area contributed by atoms with Crippen molar-refractivity contribution in [1.29, 1.82) is 0 Å². The van der Waals surface area contributed by atoms with Crippen molar-refractivity contribution in [2.24, 2.45) is 11.7 Å². The van der Waals surface area contributed by atoms with E-state index < -0.39 is 83.4 Å². The van der Waals surface area contributed by atoms with Gasteiger partial charge in [0.1, 0.15) is 29.4 Å². The number of nitro groups is 1. The van der Waals surface area contributed by atoms with E-state index in [1.807, 2.05) is 0 Å². The smallest absolute Gasteiger partial charge is 0.288 e. The van der Waals surface area contributed by atoms with E-state index in [4.69, 9.17) is 5.73 Å². The maximum Gasteiger partial charge on any atom is 0.288 e. The minimum Gasteiger partial charge on any atom is -0.394 e. The number of primary amides is 1. The molecule has 0 radical (unpaired) electrons. The Bertz CT molecular complexity index is 1130. The molecule has 0 saturated carbocycles. The third kappa shape index (κ3) is 9.55. The fraction of sp³-hybridized carbons (Fsp3) is 0.542. The normalized spacial score (nSPS) is 14.3. The number of aliphatic hydroxyl groups excluding tert-OH is 2. The number of rotatable bonds is 14. The SMILES string of the molecule is CC(C)[C@H](NC(=O)[C@@H](NC(=O)[C@H](CO)NC(=O)c1ccc([N+](C)(C)C)cc1[N+](=O)[O-])[C@@H](C)O)C(=O)NCC(N)=O. The molecule has 0 fully saturated rings. The van der Waals surface area contributed by atoms with Crippen molar-refractivity contribution in [3.05, 3.63) is 33.9 Å². The molecular formula is C24H38N7O9+. The number of quaternary nitrogens is 1. The molecule has 1 aromatic carbocycles. The van der Waals surface area contributed by atoms with Gasteiger partial charge in [-0.05, 0) is 18.9 Å². The molecule has 8 N–H and O–H groups in total. The van der Waals surface area contributed by atoms with E-state index in [2.05, 4.69) is 21.3 Å². The van der Waals surface area contributed by atoms with Gasteiger partial charge in [0, 0.05) is 6.07 Å². The highest BCUT2D eigenvalue weighted by molar-refractivity contribution is 6.01. The molecular weight excluding hydrogens is 530 g/mol. The number of amides is 5. The van der Waals surface area contributed by atoms with Gasteiger partial charge in [-0.1, -0.05) is 13.8 Å². The summed E-state index contributed by atoms with van der Waals surface area (Å²) in [6, 6.07) is -0.481. The fourth-order valence-electron chi connectivity index (χ4n) is 3.43. The van der Waals surface area contributed by atoms with Crippen molar-refractivity contribution in [1.82, 2.24) is 25.8 Å². The van der Waals surface area contributed by atoms with Gasteiger partial charge in [-0.15, -0.1) is 0 Å². The van der Waals surface area contributed by atoms with Crippen LogP contribution in [0.15, 0.2) is 18.2 Å². The van der Waals surface area contributed by atoms with Crippen LogP contribution in [0.5, 0.6) is 0 Å². The summed E-state index contributed by atoms with van der Waals surface area (Å²) < 4.78 is 0.234. The van der Waals surface area contributed by atoms with Crippen molar-refractivity contribution in [3.63, 3.8) is 0 Å². The van der Waals surface area contributed by atoms with Crippen LogP contribution in [0.4, 0.5) is 11.4 Å². The summed E-state index contributed by atoms with van der Waals surface area (Å²) in [5.41, 5.74) is 4.67. The molecule has 0 unspecified atom stereocenters. The van der Waals surface area contributed by atoms with E-state index in [0.29, 0.717) is 5.69 Å². The molecule has 0 aliphatic heterocycles. The van der Waals surface area contributed by atoms with E-state index in [9.17, 15) is 44.3 Å². The first kappa shape index (κ1) is 33.9. The first-order chi connectivity index (χ1) is 18.4. The summed E-state index contributed by atoms with van der Waals surface area (Å²) in [6.07, 6.45) is -1.48. The van der Waals surface area contributed by atoms with Gasteiger partial charge < -0.3 is 37.2 Å². The van der Waals surface area contributed by atoms with Crippen molar-refractivity contribution in [3.8, 4) is 0 Å². The monoisotopic (exact) mass is 568 g/mol. The third-order valence-electron chi connectivity index (χ3n) is 5.75. The minimum atomic E-state index is -1.65. The predicted octanol–water partition coefficient (Wildman–Crippen LogP) is -2.51. The Balaban J connectivity index is 3.09. The van der Waals surface area contributed by atoms with Gasteiger partial charge in [0.25, 0.3) is 11.6 Å².